The maximum Gasteiger partial charge on any atom is 0.317 e. The Morgan fingerprint density at radius 3 is 2.79 bits per heavy atom. The summed E-state index contributed by atoms with van der Waals surface area (Å²) in [7, 11) is 1.62. The third kappa shape index (κ3) is 5.42. The molecule has 0 radical (unpaired) electrons. The van der Waals surface area contributed by atoms with Gasteiger partial charge in [-0.1, -0.05) is 13.0 Å². The summed E-state index contributed by atoms with van der Waals surface area (Å²) in [5.74, 6) is 0.341. The number of rotatable bonds is 9. The molecule has 7 heteroatoms. The third-order valence-electron chi connectivity index (χ3n) is 4.15. The van der Waals surface area contributed by atoms with Gasteiger partial charge in [0, 0.05) is 17.0 Å². The Hall–Kier alpha value is -1.73. The van der Waals surface area contributed by atoms with Crippen molar-refractivity contribution < 1.29 is 19.4 Å². The number of hydrogen-bond acceptors (Lipinski definition) is 5. The van der Waals surface area contributed by atoms with Gasteiger partial charge < -0.3 is 15.2 Å². The van der Waals surface area contributed by atoms with Crippen molar-refractivity contribution in [2.45, 2.75) is 36.7 Å². The zero-order chi connectivity index (χ0) is 17.5. The van der Waals surface area contributed by atoms with Gasteiger partial charge in [-0.2, -0.15) is 0 Å². The van der Waals surface area contributed by atoms with Crippen LogP contribution in [0.3, 0.4) is 0 Å². The summed E-state index contributed by atoms with van der Waals surface area (Å²) < 4.78 is 5.16. The second-order valence-corrected chi connectivity index (χ2v) is 6.86. The molecule has 0 spiro atoms. The fourth-order valence-electron chi connectivity index (χ4n) is 2.79. The molecule has 1 amide bonds. The fourth-order valence-corrected chi connectivity index (χ4v) is 3.54. The largest absolute Gasteiger partial charge is 0.497 e. The highest BCUT2D eigenvalue weighted by atomic mass is 32.2. The minimum absolute atomic E-state index is 0.00699. The second-order valence-electron chi connectivity index (χ2n) is 5.81. The molecule has 132 valence electrons. The van der Waals surface area contributed by atoms with Gasteiger partial charge >= 0.3 is 5.97 Å². The topological polar surface area (TPSA) is 78.9 Å². The summed E-state index contributed by atoms with van der Waals surface area (Å²) in [6, 6.07) is 8.03. The van der Waals surface area contributed by atoms with E-state index in [1.807, 2.05) is 36.1 Å². The number of aliphatic carboxylic acids is 1. The van der Waals surface area contributed by atoms with Gasteiger partial charge in [0.15, 0.2) is 0 Å². The van der Waals surface area contributed by atoms with Crippen LogP contribution in [0.2, 0.25) is 0 Å². The summed E-state index contributed by atoms with van der Waals surface area (Å²) in [6.45, 7) is 2.73. The van der Waals surface area contributed by atoms with Gasteiger partial charge in [0.2, 0.25) is 5.91 Å². The molecule has 0 saturated heterocycles. The van der Waals surface area contributed by atoms with E-state index < -0.39 is 5.97 Å². The fraction of sp³-hybridized carbons (Fsp3) is 0.529. The van der Waals surface area contributed by atoms with E-state index in [0.29, 0.717) is 12.3 Å². The summed E-state index contributed by atoms with van der Waals surface area (Å²) >= 11 is 1.47. The van der Waals surface area contributed by atoms with E-state index in [1.165, 1.54) is 11.8 Å². The van der Waals surface area contributed by atoms with Gasteiger partial charge in [0.05, 0.1) is 19.4 Å². The van der Waals surface area contributed by atoms with Crippen LogP contribution in [0.15, 0.2) is 29.2 Å². The van der Waals surface area contributed by atoms with Gasteiger partial charge in [0.25, 0.3) is 0 Å². The molecule has 2 rings (SSSR count). The van der Waals surface area contributed by atoms with E-state index in [4.69, 9.17) is 9.84 Å². The predicted octanol–water partition coefficient (Wildman–Crippen LogP) is 1.84. The van der Waals surface area contributed by atoms with E-state index >= 15 is 0 Å². The summed E-state index contributed by atoms with van der Waals surface area (Å²) in [5, 5.41) is 11.9. The molecule has 0 bridgehead atoms. The highest BCUT2D eigenvalue weighted by Crippen LogP contribution is 2.26. The van der Waals surface area contributed by atoms with Crippen molar-refractivity contribution in [3.63, 3.8) is 0 Å². The number of nitrogens with one attached hydrogen (secondary N) is 1. The minimum Gasteiger partial charge on any atom is -0.497 e. The number of likely N-dealkylation sites (N-methyl/N-ethyl adjacent to an activating group) is 1. The van der Waals surface area contributed by atoms with Crippen LogP contribution in [-0.2, 0) is 9.59 Å². The number of amides is 1. The monoisotopic (exact) mass is 352 g/mol. The first-order valence-electron chi connectivity index (χ1n) is 8.03. The minimum atomic E-state index is -0.806. The average Bonchev–Trinajstić information content (AvgIpc) is 2.54. The first-order chi connectivity index (χ1) is 11.5. The Kier molecular flexibility index (Phi) is 6.93. The zero-order valence-corrected chi connectivity index (χ0v) is 14.8. The van der Waals surface area contributed by atoms with Crippen LogP contribution in [0.25, 0.3) is 0 Å². The van der Waals surface area contributed by atoms with Crippen LogP contribution in [-0.4, -0.2) is 59.9 Å². The van der Waals surface area contributed by atoms with Crippen molar-refractivity contribution in [2.24, 2.45) is 0 Å². The van der Waals surface area contributed by atoms with Crippen molar-refractivity contribution in [1.29, 1.82) is 0 Å². The molecule has 1 aliphatic rings. The summed E-state index contributed by atoms with van der Waals surface area (Å²) in [5.41, 5.74) is 0. The van der Waals surface area contributed by atoms with Crippen molar-refractivity contribution in [2.75, 3.05) is 26.0 Å². The molecule has 1 saturated carbocycles. The quantitative estimate of drug-likeness (QED) is 0.660. The number of carboxylic acids is 1. The molecule has 1 fully saturated rings. The number of carboxylic acid groups (broad SMARTS) is 1. The maximum atomic E-state index is 12.0. The zero-order valence-electron chi connectivity index (χ0n) is 14.0. The smallest absolute Gasteiger partial charge is 0.317 e. The van der Waals surface area contributed by atoms with Gasteiger partial charge in [0.1, 0.15) is 5.75 Å². The van der Waals surface area contributed by atoms with E-state index in [1.54, 1.807) is 7.11 Å². The molecule has 6 nitrogen and oxygen atoms in total. The molecule has 1 aromatic rings. The van der Waals surface area contributed by atoms with Crippen molar-refractivity contribution in [3.05, 3.63) is 24.3 Å². The van der Waals surface area contributed by atoms with E-state index in [0.717, 1.165) is 23.5 Å². The van der Waals surface area contributed by atoms with Crippen LogP contribution < -0.4 is 10.1 Å². The normalized spacial score (nSPS) is 19.6. The van der Waals surface area contributed by atoms with E-state index in [-0.39, 0.29) is 24.5 Å². The Morgan fingerprint density at radius 2 is 2.17 bits per heavy atom. The van der Waals surface area contributed by atoms with E-state index in [9.17, 15) is 9.59 Å². The van der Waals surface area contributed by atoms with Gasteiger partial charge in [-0.05, 0) is 37.6 Å². The molecular formula is C17H24N2O4S. The highest BCUT2D eigenvalue weighted by molar-refractivity contribution is 8.00. The lowest BCUT2D eigenvalue weighted by Gasteiger charge is -2.42. The average molecular weight is 352 g/mol. The van der Waals surface area contributed by atoms with Crippen LogP contribution in [0, 0.1) is 0 Å². The number of thioether (sulfide) groups is 1. The molecule has 0 aromatic heterocycles. The van der Waals surface area contributed by atoms with Crippen LogP contribution in [0.4, 0.5) is 0 Å². The Balaban J connectivity index is 1.69. The first kappa shape index (κ1) is 18.6. The number of methoxy groups -OCH3 is 1. The van der Waals surface area contributed by atoms with Crippen LogP contribution in [0.1, 0.15) is 19.8 Å². The van der Waals surface area contributed by atoms with Crippen LogP contribution in [0.5, 0.6) is 5.75 Å². The number of benzene rings is 1. The number of carbonyl (C=O) groups is 2. The van der Waals surface area contributed by atoms with Gasteiger partial charge in [-0.3, -0.25) is 14.5 Å². The number of hydrogen-bond donors (Lipinski definition) is 2. The Labute approximate surface area is 146 Å². The number of ether oxygens (including phenoxy) is 1. The lowest BCUT2D eigenvalue weighted by molar-refractivity contribution is -0.139. The lowest BCUT2D eigenvalue weighted by atomic mass is 9.85. The molecule has 0 atom stereocenters. The standard InChI is InChI=1S/C17H24N2O4S/c1-3-19(10-17(21)22)13-7-12(8-13)18-16(20)11-24-15-6-4-5-14(9-15)23-2/h4-6,9,12-13H,3,7-8,10-11H2,1-2H3,(H,18,20)(H,21,22). The number of carbonyl (C=O) groups excluding carboxylic acids is 1. The van der Waals surface area contributed by atoms with Gasteiger partial charge in [-0.25, -0.2) is 0 Å². The predicted molar refractivity (Wildman–Crippen MR) is 93.6 cm³/mol. The molecule has 0 unspecified atom stereocenters. The highest BCUT2D eigenvalue weighted by Gasteiger charge is 2.34. The van der Waals surface area contributed by atoms with Crippen molar-refractivity contribution >= 4 is 23.6 Å². The molecular weight excluding hydrogens is 328 g/mol. The van der Waals surface area contributed by atoms with Crippen LogP contribution >= 0.6 is 11.8 Å². The SMILES string of the molecule is CCN(CC(=O)O)C1CC(NC(=O)CSc2cccc(OC)c2)C1. The molecule has 0 heterocycles. The number of nitrogens with zero attached hydrogens (tertiary/aromatic N) is 1. The summed E-state index contributed by atoms with van der Waals surface area (Å²) in [4.78, 5) is 25.8. The van der Waals surface area contributed by atoms with Crippen molar-refractivity contribution in [1.82, 2.24) is 10.2 Å². The summed E-state index contributed by atoms with van der Waals surface area (Å²) in [6.07, 6.45) is 1.63. The Morgan fingerprint density at radius 1 is 1.42 bits per heavy atom. The van der Waals surface area contributed by atoms with Gasteiger partial charge in [-0.15, -0.1) is 11.8 Å². The molecule has 2 N–H and O–H groups in total. The van der Waals surface area contributed by atoms with Crippen molar-refractivity contribution in [3.8, 4) is 5.75 Å². The molecule has 24 heavy (non-hydrogen) atoms. The van der Waals surface area contributed by atoms with E-state index in [2.05, 4.69) is 5.32 Å². The maximum absolute atomic E-state index is 12.0. The third-order valence-corrected chi connectivity index (χ3v) is 5.14. The Bertz CT molecular complexity index is 575. The molecule has 1 aliphatic carbocycles. The second kappa shape index (κ2) is 8.94. The first-order valence-corrected chi connectivity index (χ1v) is 9.02. The molecule has 1 aromatic carbocycles. The lowest BCUT2D eigenvalue weighted by Crippen LogP contribution is -2.55. The molecule has 0 aliphatic heterocycles.